The quantitative estimate of drug-likeness (QED) is 0.433. The second kappa shape index (κ2) is 2.81. The Kier molecular flexibility index (Phi) is 1.70. The van der Waals surface area contributed by atoms with Gasteiger partial charge in [-0.1, -0.05) is 19.3 Å². The van der Waals surface area contributed by atoms with E-state index >= 15 is 0 Å². The molecule has 1 saturated heterocycles. The smallest absolute Gasteiger partial charge is 0.317 e. The molecule has 3 heteroatoms. The topological polar surface area (TPSA) is 43.4 Å². The summed E-state index contributed by atoms with van der Waals surface area (Å²) in [4.78, 5) is 22.7. The van der Waals surface area contributed by atoms with Crippen LogP contribution in [0.1, 0.15) is 32.1 Å². The van der Waals surface area contributed by atoms with Crippen LogP contribution in [-0.4, -0.2) is 11.9 Å². The highest BCUT2D eigenvalue weighted by Crippen LogP contribution is 2.49. The Balaban J connectivity index is 1.85. The molecule has 3 rings (SSSR count). The molecule has 0 radical (unpaired) electrons. The van der Waals surface area contributed by atoms with E-state index in [1.165, 1.54) is 19.3 Å². The van der Waals surface area contributed by atoms with Gasteiger partial charge in [-0.05, 0) is 24.7 Å². The van der Waals surface area contributed by atoms with E-state index in [4.69, 9.17) is 4.74 Å². The van der Waals surface area contributed by atoms with Crippen LogP contribution in [0.25, 0.3) is 0 Å². The predicted octanol–water partition coefficient (Wildman–Crippen LogP) is 1.51. The number of cyclic esters (lactones) is 2. The average molecular weight is 194 g/mol. The SMILES string of the molecule is O=C1OC(=O)[C@@H]2C[C@@H]3CCC[C@@H]3C[C@H]12. The van der Waals surface area contributed by atoms with Crippen LogP contribution < -0.4 is 0 Å². The highest BCUT2D eigenvalue weighted by molar-refractivity contribution is 5.96. The second-order valence-electron chi connectivity index (χ2n) is 4.88. The molecule has 0 N–H and O–H groups in total. The zero-order valence-electron chi connectivity index (χ0n) is 8.07. The Bertz CT molecular complexity index is 269. The first-order valence-electron chi connectivity index (χ1n) is 5.51. The fourth-order valence-electron chi connectivity index (χ4n) is 3.49. The molecule has 14 heavy (non-hydrogen) atoms. The summed E-state index contributed by atoms with van der Waals surface area (Å²) in [7, 11) is 0. The fourth-order valence-corrected chi connectivity index (χ4v) is 3.49. The van der Waals surface area contributed by atoms with Gasteiger partial charge in [-0.15, -0.1) is 0 Å². The Morgan fingerprint density at radius 1 is 0.929 bits per heavy atom. The van der Waals surface area contributed by atoms with E-state index in [-0.39, 0.29) is 23.8 Å². The van der Waals surface area contributed by atoms with Gasteiger partial charge in [0, 0.05) is 0 Å². The van der Waals surface area contributed by atoms with E-state index in [2.05, 4.69) is 0 Å². The van der Waals surface area contributed by atoms with Crippen LogP contribution in [0.15, 0.2) is 0 Å². The Morgan fingerprint density at radius 3 is 1.93 bits per heavy atom. The van der Waals surface area contributed by atoms with Crippen molar-refractivity contribution in [2.75, 3.05) is 0 Å². The van der Waals surface area contributed by atoms with Crippen LogP contribution in [0, 0.1) is 23.7 Å². The Morgan fingerprint density at radius 2 is 1.43 bits per heavy atom. The van der Waals surface area contributed by atoms with E-state index in [0.717, 1.165) is 12.8 Å². The average Bonchev–Trinajstić information content (AvgIpc) is 2.70. The highest BCUT2D eigenvalue weighted by Gasteiger charge is 2.51. The number of ether oxygens (including phenoxy) is 1. The summed E-state index contributed by atoms with van der Waals surface area (Å²) in [5, 5.41) is 0. The molecule has 1 heterocycles. The summed E-state index contributed by atoms with van der Waals surface area (Å²) in [6, 6.07) is 0. The van der Waals surface area contributed by atoms with Gasteiger partial charge in [-0.25, -0.2) is 0 Å². The van der Waals surface area contributed by atoms with Crippen molar-refractivity contribution in [2.24, 2.45) is 23.7 Å². The molecule has 0 aromatic rings. The first-order valence-corrected chi connectivity index (χ1v) is 5.51. The van der Waals surface area contributed by atoms with Gasteiger partial charge in [-0.3, -0.25) is 9.59 Å². The number of carbonyl (C=O) groups excluding carboxylic acids is 2. The maximum absolute atomic E-state index is 11.4. The molecule has 2 saturated carbocycles. The molecule has 0 unspecified atom stereocenters. The standard InChI is InChI=1S/C11H14O3/c12-10-8-4-6-2-1-3-7(6)5-9(8)11(13)14-10/h6-9H,1-5H2/t6-,7+,8+,9-. The lowest BCUT2D eigenvalue weighted by Gasteiger charge is -2.30. The zero-order chi connectivity index (χ0) is 9.71. The van der Waals surface area contributed by atoms with E-state index in [1.54, 1.807) is 0 Å². The molecule has 0 bridgehead atoms. The molecular formula is C11H14O3. The number of esters is 2. The number of hydrogen-bond acceptors (Lipinski definition) is 3. The van der Waals surface area contributed by atoms with Gasteiger partial charge in [-0.2, -0.15) is 0 Å². The van der Waals surface area contributed by atoms with Gasteiger partial charge in [0.1, 0.15) is 0 Å². The number of rotatable bonds is 0. The minimum atomic E-state index is -0.259. The van der Waals surface area contributed by atoms with E-state index in [0.29, 0.717) is 11.8 Å². The predicted molar refractivity (Wildman–Crippen MR) is 48.1 cm³/mol. The van der Waals surface area contributed by atoms with Gasteiger partial charge in [0.25, 0.3) is 0 Å². The summed E-state index contributed by atoms with van der Waals surface area (Å²) in [6.45, 7) is 0. The number of fused-ring (bicyclic) bond motifs is 2. The molecule has 3 aliphatic rings. The van der Waals surface area contributed by atoms with Crippen LogP contribution >= 0.6 is 0 Å². The third kappa shape index (κ3) is 1.04. The first-order chi connectivity index (χ1) is 6.75. The second-order valence-corrected chi connectivity index (χ2v) is 4.88. The summed E-state index contributed by atoms with van der Waals surface area (Å²) in [5.41, 5.74) is 0. The molecule has 76 valence electrons. The van der Waals surface area contributed by atoms with Crippen molar-refractivity contribution in [2.45, 2.75) is 32.1 Å². The van der Waals surface area contributed by atoms with Crippen molar-refractivity contribution in [3.8, 4) is 0 Å². The molecule has 1 aliphatic heterocycles. The van der Waals surface area contributed by atoms with Gasteiger partial charge >= 0.3 is 11.9 Å². The first kappa shape index (κ1) is 8.45. The lowest BCUT2D eigenvalue weighted by molar-refractivity contribution is -0.153. The molecule has 0 amide bonds. The van der Waals surface area contributed by atoms with Crippen LogP contribution in [0.4, 0.5) is 0 Å². The van der Waals surface area contributed by atoms with Crippen molar-refractivity contribution in [1.29, 1.82) is 0 Å². The van der Waals surface area contributed by atoms with Crippen molar-refractivity contribution in [3.05, 3.63) is 0 Å². The minimum Gasteiger partial charge on any atom is -0.393 e. The molecule has 2 aliphatic carbocycles. The molecule has 0 spiro atoms. The van der Waals surface area contributed by atoms with Crippen LogP contribution in [0.2, 0.25) is 0 Å². The van der Waals surface area contributed by atoms with Crippen LogP contribution in [-0.2, 0) is 14.3 Å². The molecule has 3 nitrogen and oxygen atoms in total. The number of hydrogen-bond donors (Lipinski definition) is 0. The van der Waals surface area contributed by atoms with Gasteiger partial charge < -0.3 is 4.74 Å². The van der Waals surface area contributed by atoms with Crippen molar-refractivity contribution in [1.82, 2.24) is 0 Å². The summed E-state index contributed by atoms with van der Waals surface area (Å²) in [5.74, 6) is 0.670. The maximum Gasteiger partial charge on any atom is 0.317 e. The van der Waals surface area contributed by atoms with Crippen LogP contribution in [0.3, 0.4) is 0 Å². The largest absolute Gasteiger partial charge is 0.393 e. The summed E-state index contributed by atoms with van der Waals surface area (Å²) < 4.78 is 4.70. The zero-order valence-corrected chi connectivity index (χ0v) is 8.07. The van der Waals surface area contributed by atoms with E-state index in [9.17, 15) is 9.59 Å². The van der Waals surface area contributed by atoms with Crippen molar-refractivity contribution < 1.29 is 14.3 Å². The van der Waals surface area contributed by atoms with Gasteiger partial charge in [0.2, 0.25) is 0 Å². The Labute approximate surface area is 82.8 Å². The van der Waals surface area contributed by atoms with E-state index in [1.807, 2.05) is 0 Å². The Hall–Kier alpha value is -0.860. The molecule has 0 aromatic heterocycles. The summed E-state index contributed by atoms with van der Waals surface area (Å²) in [6.07, 6.45) is 5.57. The van der Waals surface area contributed by atoms with E-state index < -0.39 is 0 Å². The normalized spacial score (nSPS) is 46.0. The summed E-state index contributed by atoms with van der Waals surface area (Å²) >= 11 is 0. The highest BCUT2D eigenvalue weighted by atomic mass is 16.6. The molecular weight excluding hydrogens is 180 g/mol. The lowest BCUT2D eigenvalue weighted by atomic mass is 9.70. The fraction of sp³-hybridized carbons (Fsp3) is 0.818. The van der Waals surface area contributed by atoms with Gasteiger partial charge in [0.15, 0.2) is 0 Å². The number of carbonyl (C=O) groups is 2. The third-order valence-corrected chi connectivity index (χ3v) is 4.22. The van der Waals surface area contributed by atoms with Crippen molar-refractivity contribution >= 4 is 11.9 Å². The molecule has 4 atom stereocenters. The minimum absolute atomic E-state index is 0.0955. The molecule has 0 aromatic carbocycles. The monoisotopic (exact) mass is 194 g/mol. The molecule has 3 fully saturated rings. The maximum atomic E-state index is 11.4. The van der Waals surface area contributed by atoms with Gasteiger partial charge in [0.05, 0.1) is 11.8 Å². The lowest BCUT2D eigenvalue weighted by Crippen LogP contribution is -2.30. The van der Waals surface area contributed by atoms with Crippen LogP contribution in [0.5, 0.6) is 0 Å². The third-order valence-electron chi connectivity index (χ3n) is 4.22. The van der Waals surface area contributed by atoms with Crippen molar-refractivity contribution in [3.63, 3.8) is 0 Å².